The summed E-state index contributed by atoms with van der Waals surface area (Å²) in [6.07, 6.45) is 3.84. The summed E-state index contributed by atoms with van der Waals surface area (Å²) in [4.78, 5) is 24.4. The van der Waals surface area contributed by atoms with Gasteiger partial charge in [0.2, 0.25) is 5.95 Å². The Kier molecular flexibility index (Phi) is 5.06. The van der Waals surface area contributed by atoms with Crippen LogP contribution in [0.4, 0.5) is 5.95 Å². The average Bonchev–Trinajstić information content (AvgIpc) is 2.82. The van der Waals surface area contributed by atoms with Crippen LogP contribution in [-0.2, 0) is 19.4 Å². The lowest BCUT2D eigenvalue weighted by atomic mass is 9.82. The van der Waals surface area contributed by atoms with Crippen molar-refractivity contribution < 1.29 is 14.3 Å². The number of methoxy groups -OCH3 is 2. The molecule has 0 saturated heterocycles. The van der Waals surface area contributed by atoms with Crippen LogP contribution >= 0.6 is 0 Å². The molecule has 0 fully saturated rings. The van der Waals surface area contributed by atoms with Crippen molar-refractivity contribution >= 4 is 11.7 Å². The number of Topliss-reactive ketones (excluding diaryl/α,β-unsaturated/α-hetero) is 1. The van der Waals surface area contributed by atoms with Gasteiger partial charge in [0.05, 0.1) is 25.5 Å². The van der Waals surface area contributed by atoms with Gasteiger partial charge in [-0.1, -0.05) is 30.3 Å². The van der Waals surface area contributed by atoms with Gasteiger partial charge in [-0.2, -0.15) is 0 Å². The molecule has 5 rings (SSSR count). The molecule has 0 saturated carbocycles. The molecule has 6 nitrogen and oxygen atoms in total. The van der Waals surface area contributed by atoms with E-state index in [2.05, 4.69) is 34.1 Å². The van der Waals surface area contributed by atoms with Crippen molar-refractivity contribution in [3.63, 3.8) is 0 Å². The van der Waals surface area contributed by atoms with E-state index in [1.165, 1.54) is 11.1 Å². The van der Waals surface area contributed by atoms with Crippen molar-refractivity contribution in [3.05, 3.63) is 76.6 Å². The monoisotopic (exact) mass is 415 g/mol. The van der Waals surface area contributed by atoms with E-state index in [0.717, 1.165) is 30.8 Å². The summed E-state index contributed by atoms with van der Waals surface area (Å²) in [6.45, 7) is 1.67. The van der Waals surface area contributed by atoms with Crippen molar-refractivity contribution in [3.8, 4) is 11.5 Å². The highest BCUT2D eigenvalue weighted by molar-refractivity contribution is 5.98. The minimum absolute atomic E-state index is 0.0598. The van der Waals surface area contributed by atoms with Crippen LogP contribution in [0.1, 0.15) is 45.1 Å². The molecule has 1 atom stereocenters. The van der Waals surface area contributed by atoms with Crippen molar-refractivity contribution in [1.82, 2.24) is 9.97 Å². The van der Waals surface area contributed by atoms with Gasteiger partial charge in [0.25, 0.3) is 0 Å². The van der Waals surface area contributed by atoms with Gasteiger partial charge in [-0.3, -0.25) is 4.79 Å². The van der Waals surface area contributed by atoms with Crippen molar-refractivity contribution in [2.24, 2.45) is 0 Å². The first-order chi connectivity index (χ1) is 15.2. The molecular weight excluding hydrogens is 390 g/mol. The molecule has 0 amide bonds. The second-order valence-corrected chi connectivity index (χ2v) is 8.11. The Morgan fingerprint density at radius 1 is 1.00 bits per heavy atom. The topological polar surface area (TPSA) is 64.5 Å². The number of hydrogen-bond acceptors (Lipinski definition) is 6. The molecule has 1 aliphatic carbocycles. The number of nitrogens with zero attached hydrogens (tertiary/aromatic N) is 3. The average molecular weight is 415 g/mol. The maximum atomic E-state index is 12.8. The van der Waals surface area contributed by atoms with Gasteiger partial charge in [0, 0.05) is 25.7 Å². The molecule has 31 heavy (non-hydrogen) atoms. The Bertz CT molecular complexity index is 1140. The highest BCUT2D eigenvalue weighted by Gasteiger charge is 2.29. The molecule has 2 aliphatic rings. The molecule has 2 aromatic carbocycles. The number of carbonyl (C=O) groups is 1. The van der Waals surface area contributed by atoms with Crippen LogP contribution in [0.15, 0.2) is 48.7 Å². The molecule has 1 aliphatic heterocycles. The van der Waals surface area contributed by atoms with E-state index in [-0.39, 0.29) is 11.7 Å². The zero-order chi connectivity index (χ0) is 21.4. The second-order valence-electron chi connectivity index (χ2n) is 8.11. The maximum Gasteiger partial charge on any atom is 0.225 e. The fourth-order valence-corrected chi connectivity index (χ4v) is 4.60. The zero-order valence-corrected chi connectivity index (χ0v) is 17.8. The Morgan fingerprint density at radius 3 is 2.61 bits per heavy atom. The van der Waals surface area contributed by atoms with Crippen LogP contribution in [0.2, 0.25) is 0 Å². The number of rotatable bonds is 4. The summed E-state index contributed by atoms with van der Waals surface area (Å²) in [6, 6.07) is 14.4. The normalized spacial score (nSPS) is 17.7. The van der Waals surface area contributed by atoms with E-state index in [4.69, 9.17) is 14.5 Å². The quantitative estimate of drug-likeness (QED) is 0.643. The standard InChI is InChI=1S/C25H25N3O3/c1-30-23-8-7-17(13-24(23)31-2)19-11-21-20(22(29)12-19)14-26-25(27-21)28-10-9-16-5-3-4-6-18(16)15-28/h3-8,13-14,19H,9-12,15H2,1-2H3. The number of ketones is 1. The first-order valence-corrected chi connectivity index (χ1v) is 10.6. The van der Waals surface area contributed by atoms with Gasteiger partial charge >= 0.3 is 0 Å². The molecule has 6 heteroatoms. The fourth-order valence-electron chi connectivity index (χ4n) is 4.60. The van der Waals surface area contributed by atoms with Crippen LogP contribution in [0.5, 0.6) is 11.5 Å². The third-order valence-electron chi connectivity index (χ3n) is 6.32. The molecule has 158 valence electrons. The number of fused-ring (bicyclic) bond motifs is 2. The highest BCUT2D eigenvalue weighted by Crippen LogP contribution is 2.37. The van der Waals surface area contributed by atoms with Gasteiger partial charge < -0.3 is 14.4 Å². The van der Waals surface area contributed by atoms with E-state index < -0.39 is 0 Å². The number of hydrogen-bond donors (Lipinski definition) is 0. The van der Waals surface area contributed by atoms with Crippen molar-refractivity contribution in [1.29, 1.82) is 0 Å². The van der Waals surface area contributed by atoms with Crippen LogP contribution in [0.25, 0.3) is 0 Å². The van der Waals surface area contributed by atoms with Gasteiger partial charge in [0.15, 0.2) is 17.3 Å². The Hall–Kier alpha value is -3.41. The SMILES string of the molecule is COc1ccc(C2CC(=O)c3cnc(N4CCc5ccccc5C4)nc3C2)cc1OC. The van der Waals surface area contributed by atoms with Gasteiger partial charge in [-0.15, -0.1) is 0 Å². The Balaban J connectivity index is 1.42. The summed E-state index contributed by atoms with van der Waals surface area (Å²) in [7, 11) is 3.24. The summed E-state index contributed by atoms with van der Waals surface area (Å²) in [5, 5.41) is 0. The predicted molar refractivity (Wildman–Crippen MR) is 118 cm³/mol. The number of carbonyl (C=O) groups excluding carboxylic acids is 1. The highest BCUT2D eigenvalue weighted by atomic mass is 16.5. The summed E-state index contributed by atoms with van der Waals surface area (Å²) >= 11 is 0. The number of aromatic nitrogens is 2. The van der Waals surface area contributed by atoms with E-state index in [1.54, 1.807) is 20.4 Å². The van der Waals surface area contributed by atoms with Crippen LogP contribution in [0.3, 0.4) is 0 Å². The number of benzene rings is 2. The lowest BCUT2D eigenvalue weighted by Crippen LogP contribution is -2.32. The predicted octanol–water partition coefficient (Wildman–Crippen LogP) is 3.97. The third kappa shape index (κ3) is 3.63. The van der Waals surface area contributed by atoms with Crippen molar-refractivity contribution in [2.75, 3.05) is 25.7 Å². The molecule has 1 aromatic heterocycles. The van der Waals surface area contributed by atoms with Crippen LogP contribution in [0, 0.1) is 0 Å². The molecule has 2 heterocycles. The fraction of sp³-hybridized carbons (Fsp3) is 0.320. The molecule has 3 aromatic rings. The first-order valence-electron chi connectivity index (χ1n) is 10.6. The minimum Gasteiger partial charge on any atom is -0.493 e. The summed E-state index contributed by atoms with van der Waals surface area (Å²) in [5.74, 6) is 2.22. The number of ether oxygens (including phenoxy) is 2. The summed E-state index contributed by atoms with van der Waals surface area (Å²) < 4.78 is 10.8. The molecule has 0 radical (unpaired) electrons. The smallest absolute Gasteiger partial charge is 0.225 e. The molecule has 0 N–H and O–H groups in total. The Labute approximate surface area is 181 Å². The van der Waals surface area contributed by atoms with Crippen LogP contribution in [-0.4, -0.2) is 36.5 Å². The van der Waals surface area contributed by atoms with E-state index >= 15 is 0 Å². The summed E-state index contributed by atoms with van der Waals surface area (Å²) in [5.41, 5.74) is 5.25. The van der Waals surface area contributed by atoms with E-state index in [1.807, 2.05) is 18.2 Å². The van der Waals surface area contributed by atoms with Gasteiger partial charge in [-0.25, -0.2) is 9.97 Å². The number of anilines is 1. The molecular formula is C25H25N3O3. The lowest BCUT2D eigenvalue weighted by Gasteiger charge is -2.30. The van der Waals surface area contributed by atoms with Gasteiger partial charge in [-0.05, 0) is 47.6 Å². The second kappa shape index (κ2) is 8.02. The minimum atomic E-state index is 0.0598. The zero-order valence-electron chi connectivity index (χ0n) is 17.8. The van der Waals surface area contributed by atoms with E-state index in [0.29, 0.717) is 35.9 Å². The molecule has 0 bridgehead atoms. The first kappa shape index (κ1) is 19.5. The largest absolute Gasteiger partial charge is 0.493 e. The Morgan fingerprint density at radius 2 is 1.81 bits per heavy atom. The van der Waals surface area contributed by atoms with E-state index in [9.17, 15) is 4.79 Å². The van der Waals surface area contributed by atoms with Crippen molar-refractivity contribution in [2.45, 2.75) is 31.7 Å². The molecule has 1 unspecified atom stereocenters. The van der Waals surface area contributed by atoms with Gasteiger partial charge in [0.1, 0.15) is 0 Å². The maximum absolute atomic E-state index is 12.8. The molecule has 0 spiro atoms. The lowest BCUT2D eigenvalue weighted by molar-refractivity contribution is 0.0962. The van der Waals surface area contributed by atoms with Crippen LogP contribution < -0.4 is 14.4 Å². The third-order valence-corrected chi connectivity index (χ3v) is 6.32.